The minimum atomic E-state index is -0.150. The Hall–Kier alpha value is -1.46. The molecule has 0 saturated heterocycles. The van der Waals surface area contributed by atoms with Crippen molar-refractivity contribution in [3.63, 3.8) is 0 Å². The summed E-state index contributed by atoms with van der Waals surface area (Å²) in [7, 11) is 0. The fraction of sp³-hybridized carbons (Fsp3) is 0.100. The van der Waals surface area contributed by atoms with Crippen molar-refractivity contribution in [2.45, 2.75) is 6.61 Å². The van der Waals surface area contributed by atoms with Crippen molar-refractivity contribution >= 4 is 22.4 Å². The second-order valence-electron chi connectivity index (χ2n) is 2.96. The van der Waals surface area contributed by atoms with Crippen LogP contribution in [-0.2, 0) is 6.61 Å². The number of aliphatic hydroxyl groups is 1. The third kappa shape index (κ3) is 2.31. The molecule has 0 unspecified atom stereocenters. The summed E-state index contributed by atoms with van der Waals surface area (Å²) in [6, 6.07) is 5.05. The molecule has 0 fully saturated rings. The quantitative estimate of drug-likeness (QED) is 0.666. The van der Waals surface area contributed by atoms with Crippen LogP contribution in [-0.4, -0.2) is 15.1 Å². The highest BCUT2D eigenvalue weighted by Gasteiger charge is 1.99. The second kappa shape index (κ2) is 4.37. The maximum Gasteiger partial charge on any atom is 0.148 e. The van der Waals surface area contributed by atoms with E-state index < -0.39 is 0 Å². The summed E-state index contributed by atoms with van der Waals surface area (Å²) in [6.07, 6.45) is 0. The van der Waals surface area contributed by atoms with Gasteiger partial charge in [0.1, 0.15) is 5.82 Å². The molecule has 5 heteroatoms. The molecule has 0 saturated carbocycles. The first-order chi connectivity index (χ1) is 7.29. The first-order valence-electron chi connectivity index (χ1n) is 4.34. The molecule has 0 aromatic carbocycles. The van der Waals surface area contributed by atoms with Gasteiger partial charge in [-0.3, -0.25) is 0 Å². The SMILES string of the molecule is Fc1cc2ccc1[nH]2.OCc1cscn1. The van der Waals surface area contributed by atoms with Crippen LogP contribution >= 0.6 is 11.3 Å². The Kier molecular flexibility index (Phi) is 2.94. The van der Waals surface area contributed by atoms with E-state index in [1.807, 2.05) is 11.4 Å². The van der Waals surface area contributed by atoms with Crippen LogP contribution in [0, 0.1) is 5.82 Å². The third-order valence-corrected chi connectivity index (χ3v) is 2.53. The fourth-order valence-corrected chi connectivity index (χ4v) is 1.71. The van der Waals surface area contributed by atoms with Crippen molar-refractivity contribution in [2.75, 3.05) is 0 Å². The molecule has 3 nitrogen and oxygen atoms in total. The van der Waals surface area contributed by atoms with E-state index in [1.54, 1.807) is 11.6 Å². The van der Waals surface area contributed by atoms with Crippen molar-refractivity contribution in [2.24, 2.45) is 0 Å². The molecule has 0 radical (unpaired) electrons. The number of benzene rings is 1. The van der Waals surface area contributed by atoms with E-state index in [4.69, 9.17) is 5.11 Å². The predicted molar refractivity (Wildman–Crippen MR) is 57.5 cm³/mol. The van der Waals surface area contributed by atoms with Gasteiger partial charge in [0.25, 0.3) is 0 Å². The van der Waals surface area contributed by atoms with Gasteiger partial charge in [-0.1, -0.05) is 0 Å². The third-order valence-electron chi connectivity index (χ3n) is 1.89. The zero-order valence-corrected chi connectivity index (χ0v) is 8.59. The summed E-state index contributed by atoms with van der Waals surface area (Å²) in [4.78, 5) is 6.64. The Balaban J connectivity index is 0.000000115. The molecule has 0 atom stereocenters. The minimum absolute atomic E-state index is 0.0590. The van der Waals surface area contributed by atoms with Crippen LogP contribution in [0.15, 0.2) is 29.1 Å². The first-order valence-corrected chi connectivity index (χ1v) is 5.28. The van der Waals surface area contributed by atoms with Crippen LogP contribution in [0.1, 0.15) is 5.69 Å². The molecule has 0 aliphatic carbocycles. The van der Waals surface area contributed by atoms with Gasteiger partial charge < -0.3 is 10.1 Å². The van der Waals surface area contributed by atoms with Crippen LogP contribution in [0.4, 0.5) is 4.39 Å². The van der Waals surface area contributed by atoms with Crippen molar-refractivity contribution in [1.82, 2.24) is 9.97 Å². The minimum Gasteiger partial charge on any atom is -0.390 e. The zero-order valence-electron chi connectivity index (χ0n) is 7.77. The molecule has 3 aromatic heterocycles. The summed E-state index contributed by atoms with van der Waals surface area (Å²) in [5.41, 5.74) is 3.91. The van der Waals surface area contributed by atoms with E-state index in [0.29, 0.717) is 5.52 Å². The highest BCUT2D eigenvalue weighted by molar-refractivity contribution is 7.07. The standard InChI is InChI=1S/C6H4FN.C4H5NOS/c7-5-3-4-1-2-6(5)8-4;6-1-4-2-7-3-5-4/h1-3,8H;2-3,6H,1H2. The molecule has 0 aliphatic heterocycles. The molecular formula is C10H9FN2OS. The van der Waals surface area contributed by atoms with Crippen LogP contribution in [0.25, 0.3) is 11.0 Å². The maximum absolute atomic E-state index is 12.3. The van der Waals surface area contributed by atoms with Crippen molar-refractivity contribution in [1.29, 1.82) is 0 Å². The molecule has 3 rings (SSSR count). The van der Waals surface area contributed by atoms with Gasteiger partial charge in [0.2, 0.25) is 0 Å². The van der Waals surface area contributed by atoms with E-state index in [1.165, 1.54) is 17.4 Å². The average molecular weight is 224 g/mol. The molecule has 0 spiro atoms. The molecule has 0 amide bonds. The molecule has 3 heterocycles. The number of rotatable bonds is 1. The van der Waals surface area contributed by atoms with E-state index in [9.17, 15) is 4.39 Å². The number of nitrogens with zero attached hydrogens (tertiary/aromatic N) is 1. The summed E-state index contributed by atoms with van der Waals surface area (Å²) >= 11 is 1.49. The number of hydrogen-bond acceptors (Lipinski definition) is 3. The number of hydrogen-bond donors (Lipinski definition) is 2. The Morgan fingerprint density at radius 2 is 2.33 bits per heavy atom. The lowest BCUT2D eigenvalue weighted by Crippen LogP contribution is -1.77. The van der Waals surface area contributed by atoms with Crippen LogP contribution in [0.3, 0.4) is 0 Å². The van der Waals surface area contributed by atoms with Gasteiger partial charge in [-0.2, -0.15) is 0 Å². The fourth-order valence-electron chi connectivity index (χ4n) is 1.17. The number of aliphatic hydroxyl groups excluding tert-OH is 1. The number of H-pyrrole nitrogens is 1. The normalized spacial score (nSPS) is 10.3. The van der Waals surface area contributed by atoms with Crippen LogP contribution < -0.4 is 0 Å². The van der Waals surface area contributed by atoms with Crippen molar-refractivity contribution in [3.05, 3.63) is 40.6 Å². The smallest absolute Gasteiger partial charge is 0.148 e. The predicted octanol–water partition coefficient (Wildman–Crippen LogP) is 2.38. The van der Waals surface area contributed by atoms with Gasteiger partial charge in [0.05, 0.1) is 23.3 Å². The van der Waals surface area contributed by atoms with Gasteiger partial charge in [-0.25, -0.2) is 9.37 Å². The Morgan fingerprint density at radius 3 is 2.60 bits per heavy atom. The summed E-state index contributed by atoms with van der Waals surface area (Å²) in [5, 5.41) is 10.2. The first kappa shape index (κ1) is 10.1. The Morgan fingerprint density at radius 1 is 1.47 bits per heavy atom. The largest absolute Gasteiger partial charge is 0.390 e. The summed E-state index contributed by atoms with van der Waals surface area (Å²) in [5.74, 6) is -0.150. The Labute approximate surface area is 89.5 Å². The maximum atomic E-state index is 12.3. The lowest BCUT2D eigenvalue weighted by molar-refractivity contribution is 0.277. The van der Waals surface area contributed by atoms with E-state index in [2.05, 4.69) is 9.97 Å². The molecule has 3 aromatic rings. The van der Waals surface area contributed by atoms with E-state index >= 15 is 0 Å². The van der Waals surface area contributed by atoms with E-state index in [0.717, 1.165) is 11.2 Å². The van der Waals surface area contributed by atoms with Crippen molar-refractivity contribution < 1.29 is 9.50 Å². The lowest BCUT2D eigenvalue weighted by atomic mass is 10.4. The molecule has 15 heavy (non-hydrogen) atoms. The monoisotopic (exact) mass is 224 g/mol. The average Bonchev–Trinajstić information content (AvgIpc) is 2.95. The summed E-state index contributed by atoms with van der Waals surface area (Å²) < 4.78 is 12.3. The highest BCUT2D eigenvalue weighted by atomic mass is 32.1. The number of thiazole rings is 1. The second-order valence-corrected chi connectivity index (χ2v) is 3.68. The van der Waals surface area contributed by atoms with Gasteiger partial charge in [-0.05, 0) is 18.2 Å². The van der Waals surface area contributed by atoms with Gasteiger partial charge in [0, 0.05) is 10.9 Å². The Bertz CT molecular complexity index is 506. The lowest BCUT2D eigenvalue weighted by Gasteiger charge is -1.77. The van der Waals surface area contributed by atoms with Gasteiger partial charge in [0.15, 0.2) is 0 Å². The van der Waals surface area contributed by atoms with Crippen molar-refractivity contribution in [3.8, 4) is 0 Å². The number of aromatic nitrogens is 2. The number of aromatic amines is 1. The van der Waals surface area contributed by atoms with Crippen LogP contribution in [0.2, 0.25) is 0 Å². The number of nitrogens with one attached hydrogen (secondary N) is 1. The van der Waals surface area contributed by atoms with Gasteiger partial charge >= 0.3 is 0 Å². The zero-order chi connectivity index (χ0) is 10.7. The molecular weight excluding hydrogens is 215 g/mol. The number of halogens is 1. The highest BCUT2D eigenvalue weighted by Crippen LogP contribution is 2.14. The molecule has 2 N–H and O–H groups in total. The summed E-state index contributed by atoms with van der Waals surface area (Å²) in [6.45, 7) is 0.0590. The van der Waals surface area contributed by atoms with Crippen LogP contribution in [0.5, 0.6) is 0 Å². The molecule has 0 aliphatic rings. The molecule has 78 valence electrons. The number of fused-ring (bicyclic) bond motifs is 2. The van der Waals surface area contributed by atoms with Gasteiger partial charge in [-0.15, -0.1) is 11.3 Å². The topological polar surface area (TPSA) is 48.9 Å². The van der Waals surface area contributed by atoms with E-state index in [-0.39, 0.29) is 12.4 Å². The molecule has 2 bridgehead atoms.